The van der Waals surface area contributed by atoms with Crippen molar-refractivity contribution in [2.45, 2.75) is 38.4 Å². The lowest BCUT2D eigenvalue weighted by atomic mass is 10.1. The molecular formula is C18H23N3O3S. The number of benzene rings is 1. The molecule has 1 aromatic carbocycles. The Morgan fingerprint density at radius 1 is 1.20 bits per heavy atom. The van der Waals surface area contributed by atoms with Crippen LogP contribution in [0.1, 0.15) is 30.7 Å². The molecule has 1 N–H and O–H groups in total. The molecule has 7 heteroatoms. The topological polar surface area (TPSA) is 81.1 Å². The van der Waals surface area contributed by atoms with Crippen LogP contribution in [0, 0.1) is 19.8 Å². The van der Waals surface area contributed by atoms with Gasteiger partial charge in [0.25, 0.3) is 0 Å². The number of nitrogens with one attached hydrogen (secondary N) is 1. The molecular weight excluding hydrogens is 338 g/mol. The van der Waals surface area contributed by atoms with Gasteiger partial charge in [0.15, 0.2) is 9.84 Å². The molecule has 134 valence electrons. The summed E-state index contributed by atoms with van der Waals surface area (Å²) in [6.45, 7) is 3.96. The monoisotopic (exact) mass is 361 g/mol. The number of carbonyl (C=O) groups excluding carboxylic acids is 1. The smallest absolute Gasteiger partial charge is 0.228 e. The Hall–Kier alpha value is -2.15. The van der Waals surface area contributed by atoms with E-state index in [-0.39, 0.29) is 5.91 Å². The molecule has 0 bridgehead atoms. The molecule has 1 aromatic heterocycles. The first-order valence-electron chi connectivity index (χ1n) is 8.38. The van der Waals surface area contributed by atoms with Crippen LogP contribution in [-0.4, -0.2) is 35.4 Å². The maximum absolute atomic E-state index is 12.5. The Bertz CT molecular complexity index is 885. The number of nitrogens with zero attached hydrogens (tertiary/aromatic N) is 2. The molecule has 2 atom stereocenters. The lowest BCUT2D eigenvalue weighted by molar-refractivity contribution is -0.119. The standard InChI is InChI=1S/C18H23N3O3S/c1-12-13(2)21(11-19-12)15-9-7-14(8-10-15)20-18(22)16-5-4-6-17(16)25(3,23)24/h7-11,16-17H,4-6H2,1-3H3,(H,20,22). The third-order valence-corrected chi connectivity index (χ3v) is 6.67. The van der Waals surface area contributed by atoms with E-state index in [0.29, 0.717) is 18.5 Å². The lowest BCUT2D eigenvalue weighted by Crippen LogP contribution is -2.33. The van der Waals surface area contributed by atoms with E-state index >= 15 is 0 Å². The fraction of sp³-hybridized carbons (Fsp3) is 0.444. The van der Waals surface area contributed by atoms with Crippen LogP contribution in [-0.2, 0) is 14.6 Å². The van der Waals surface area contributed by atoms with Gasteiger partial charge in [0.1, 0.15) is 0 Å². The van der Waals surface area contributed by atoms with Crippen LogP contribution in [0.25, 0.3) is 5.69 Å². The van der Waals surface area contributed by atoms with Crippen LogP contribution in [0.4, 0.5) is 5.69 Å². The average Bonchev–Trinajstić information content (AvgIpc) is 3.16. The summed E-state index contributed by atoms with van der Waals surface area (Å²) in [6.07, 6.45) is 4.94. The van der Waals surface area contributed by atoms with Crippen molar-refractivity contribution in [2.75, 3.05) is 11.6 Å². The van der Waals surface area contributed by atoms with Gasteiger partial charge in [0.2, 0.25) is 5.91 Å². The SMILES string of the molecule is Cc1ncn(-c2ccc(NC(=O)C3CCCC3S(C)(=O)=O)cc2)c1C. The first-order chi connectivity index (χ1) is 11.8. The lowest BCUT2D eigenvalue weighted by Gasteiger charge is -2.17. The van der Waals surface area contributed by atoms with Gasteiger partial charge in [0.05, 0.1) is 23.2 Å². The number of anilines is 1. The molecule has 1 fully saturated rings. The number of aryl methyl sites for hydroxylation is 1. The van der Waals surface area contributed by atoms with E-state index in [1.54, 1.807) is 6.33 Å². The first kappa shape index (κ1) is 17.7. The normalized spacial score (nSPS) is 20.6. The van der Waals surface area contributed by atoms with E-state index in [9.17, 15) is 13.2 Å². The maximum Gasteiger partial charge on any atom is 0.228 e. The predicted octanol–water partition coefficient (Wildman–Crippen LogP) is 2.64. The second-order valence-corrected chi connectivity index (χ2v) is 8.99. The summed E-state index contributed by atoms with van der Waals surface area (Å²) in [5.41, 5.74) is 3.68. The molecule has 2 aromatic rings. The minimum Gasteiger partial charge on any atom is -0.326 e. The van der Waals surface area contributed by atoms with Gasteiger partial charge in [-0.25, -0.2) is 13.4 Å². The Morgan fingerprint density at radius 2 is 1.88 bits per heavy atom. The highest BCUT2D eigenvalue weighted by molar-refractivity contribution is 7.91. The number of sulfone groups is 1. The van der Waals surface area contributed by atoms with Crippen LogP contribution in [0.2, 0.25) is 0 Å². The van der Waals surface area contributed by atoms with Gasteiger partial charge in [-0.15, -0.1) is 0 Å². The predicted molar refractivity (Wildman–Crippen MR) is 97.6 cm³/mol. The summed E-state index contributed by atoms with van der Waals surface area (Å²) in [5.74, 6) is -0.677. The van der Waals surface area contributed by atoms with E-state index < -0.39 is 21.0 Å². The van der Waals surface area contributed by atoms with Crippen LogP contribution in [0.15, 0.2) is 30.6 Å². The van der Waals surface area contributed by atoms with Crippen molar-refractivity contribution in [3.8, 4) is 5.69 Å². The Labute approximate surface area is 148 Å². The summed E-state index contributed by atoms with van der Waals surface area (Å²) < 4.78 is 25.7. The quantitative estimate of drug-likeness (QED) is 0.908. The van der Waals surface area contributed by atoms with Crippen molar-refractivity contribution in [3.63, 3.8) is 0 Å². The zero-order valence-corrected chi connectivity index (χ0v) is 15.5. The van der Waals surface area contributed by atoms with Gasteiger partial charge in [-0.1, -0.05) is 6.42 Å². The van der Waals surface area contributed by atoms with Gasteiger partial charge < -0.3 is 9.88 Å². The van der Waals surface area contributed by atoms with E-state index in [4.69, 9.17) is 0 Å². The molecule has 1 saturated carbocycles. The molecule has 0 radical (unpaired) electrons. The third kappa shape index (κ3) is 3.61. The van der Waals surface area contributed by atoms with Crippen LogP contribution in [0.3, 0.4) is 0 Å². The highest BCUT2D eigenvalue weighted by Gasteiger charge is 2.39. The Morgan fingerprint density at radius 3 is 2.44 bits per heavy atom. The van der Waals surface area contributed by atoms with Crippen molar-refractivity contribution in [2.24, 2.45) is 5.92 Å². The molecule has 1 amide bonds. The molecule has 0 saturated heterocycles. The van der Waals surface area contributed by atoms with Crippen LogP contribution < -0.4 is 5.32 Å². The van der Waals surface area contributed by atoms with Crippen LogP contribution in [0.5, 0.6) is 0 Å². The van der Waals surface area contributed by atoms with Gasteiger partial charge in [-0.3, -0.25) is 4.79 Å². The van der Waals surface area contributed by atoms with Gasteiger partial charge in [-0.2, -0.15) is 0 Å². The molecule has 3 rings (SSSR count). The summed E-state index contributed by atoms with van der Waals surface area (Å²) in [6, 6.07) is 7.47. The van der Waals surface area contributed by atoms with Crippen molar-refractivity contribution >= 4 is 21.4 Å². The van der Waals surface area contributed by atoms with Crippen molar-refractivity contribution < 1.29 is 13.2 Å². The number of rotatable bonds is 4. The van der Waals surface area contributed by atoms with Crippen LogP contribution >= 0.6 is 0 Å². The van der Waals surface area contributed by atoms with E-state index in [1.807, 2.05) is 42.7 Å². The van der Waals surface area contributed by atoms with E-state index in [2.05, 4.69) is 10.3 Å². The van der Waals surface area contributed by atoms with Gasteiger partial charge in [-0.05, 0) is 51.0 Å². The summed E-state index contributed by atoms with van der Waals surface area (Å²) in [5, 5.41) is 2.29. The Balaban J connectivity index is 1.73. The number of carbonyl (C=O) groups is 1. The molecule has 1 aliphatic carbocycles. The minimum absolute atomic E-state index is 0.213. The van der Waals surface area contributed by atoms with Crippen molar-refractivity contribution in [1.82, 2.24) is 9.55 Å². The van der Waals surface area contributed by atoms with E-state index in [0.717, 1.165) is 23.5 Å². The highest BCUT2D eigenvalue weighted by Crippen LogP contribution is 2.32. The number of hydrogen-bond acceptors (Lipinski definition) is 4. The zero-order chi connectivity index (χ0) is 18.2. The summed E-state index contributed by atoms with van der Waals surface area (Å²) >= 11 is 0. The highest BCUT2D eigenvalue weighted by atomic mass is 32.2. The number of amides is 1. The first-order valence-corrected chi connectivity index (χ1v) is 10.3. The largest absolute Gasteiger partial charge is 0.326 e. The minimum atomic E-state index is -3.21. The average molecular weight is 361 g/mol. The molecule has 6 nitrogen and oxygen atoms in total. The molecule has 0 aliphatic heterocycles. The van der Waals surface area contributed by atoms with Gasteiger partial charge in [0, 0.05) is 23.3 Å². The molecule has 2 unspecified atom stereocenters. The number of aromatic nitrogens is 2. The fourth-order valence-corrected chi connectivity index (χ4v) is 4.89. The summed E-state index contributed by atoms with van der Waals surface area (Å²) in [7, 11) is -3.21. The molecule has 1 aliphatic rings. The zero-order valence-electron chi connectivity index (χ0n) is 14.7. The maximum atomic E-state index is 12.5. The van der Waals surface area contributed by atoms with E-state index in [1.165, 1.54) is 6.26 Å². The van der Waals surface area contributed by atoms with Crippen molar-refractivity contribution in [3.05, 3.63) is 42.0 Å². The fourth-order valence-electron chi connectivity index (χ4n) is 3.44. The summed E-state index contributed by atoms with van der Waals surface area (Å²) in [4.78, 5) is 16.8. The molecule has 25 heavy (non-hydrogen) atoms. The van der Waals surface area contributed by atoms with Crippen molar-refractivity contribution in [1.29, 1.82) is 0 Å². The number of hydrogen-bond donors (Lipinski definition) is 1. The molecule has 0 spiro atoms. The second-order valence-electron chi connectivity index (χ2n) is 6.73. The Kier molecular flexibility index (Phi) is 4.69. The number of imidazole rings is 1. The third-order valence-electron chi connectivity index (χ3n) is 5.00. The molecule has 1 heterocycles. The van der Waals surface area contributed by atoms with Gasteiger partial charge >= 0.3 is 0 Å². The second kappa shape index (κ2) is 6.63.